The van der Waals surface area contributed by atoms with E-state index >= 15 is 0 Å². The van der Waals surface area contributed by atoms with Crippen LogP contribution in [-0.4, -0.2) is 19.5 Å². The average Bonchev–Trinajstić information content (AvgIpc) is 2.34. The molecule has 1 aliphatic heterocycles. The second kappa shape index (κ2) is 4.97. The topological polar surface area (TPSA) is 46.3 Å². The number of benzene rings is 1. The Labute approximate surface area is 115 Å². The summed E-state index contributed by atoms with van der Waals surface area (Å²) in [7, 11) is 1.86. The first-order valence-electron chi connectivity index (χ1n) is 6.95. The van der Waals surface area contributed by atoms with Gasteiger partial charge in [-0.15, -0.1) is 0 Å². The number of anilines is 1. The van der Waals surface area contributed by atoms with Gasteiger partial charge < -0.3 is 10.6 Å². The first-order valence-corrected chi connectivity index (χ1v) is 6.95. The summed E-state index contributed by atoms with van der Waals surface area (Å²) < 4.78 is 0. The maximum atomic E-state index is 12.0. The Morgan fingerprint density at radius 1 is 1.37 bits per heavy atom. The summed E-state index contributed by atoms with van der Waals surface area (Å²) >= 11 is 0. The van der Waals surface area contributed by atoms with Crippen LogP contribution < -0.4 is 10.6 Å². The lowest BCUT2D eigenvalue weighted by Gasteiger charge is -2.33. The summed E-state index contributed by atoms with van der Waals surface area (Å²) in [6.45, 7) is 7.26. The van der Waals surface area contributed by atoms with Crippen LogP contribution in [0.2, 0.25) is 0 Å². The van der Waals surface area contributed by atoms with Crippen LogP contribution in [0, 0.1) is 0 Å². The van der Waals surface area contributed by atoms with Crippen molar-refractivity contribution in [3.8, 4) is 0 Å². The van der Waals surface area contributed by atoms with E-state index in [1.807, 2.05) is 7.05 Å². The van der Waals surface area contributed by atoms with Crippen molar-refractivity contribution in [1.82, 2.24) is 0 Å². The van der Waals surface area contributed by atoms with Crippen LogP contribution in [0.5, 0.6) is 0 Å². The van der Waals surface area contributed by atoms with Gasteiger partial charge in [0.2, 0.25) is 5.91 Å². The van der Waals surface area contributed by atoms with Crippen molar-refractivity contribution in [2.75, 3.05) is 18.5 Å². The number of rotatable bonds is 2. The first kappa shape index (κ1) is 14.1. The van der Waals surface area contributed by atoms with Gasteiger partial charge in [-0.3, -0.25) is 4.79 Å². The SMILES string of the molecule is CN1C(=O)CC(CCN)c2cc(C(C)(C)C)ccc21. The number of nitrogens with two attached hydrogens (primary N) is 1. The van der Waals surface area contributed by atoms with E-state index in [9.17, 15) is 4.79 Å². The predicted molar refractivity (Wildman–Crippen MR) is 79.6 cm³/mol. The van der Waals surface area contributed by atoms with Gasteiger partial charge in [-0.25, -0.2) is 0 Å². The van der Waals surface area contributed by atoms with Gasteiger partial charge in [-0.1, -0.05) is 32.9 Å². The molecule has 1 aromatic rings. The molecule has 1 heterocycles. The molecule has 3 nitrogen and oxygen atoms in total. The van der Waals surface area contributed by atoms with Crippen LogP contribution in [-0.2, 0) is 10.2 Å². The lowest BCUT2D eigenvalue weighted by atomic mass is 9.81. The fraction of sp³-hybridized carbons (Fsp3) is 0.562. The standard InChI is InChI=1S/C16H24N2O/c1-16(2,3)12-5-6-14-13(10-12)11(7-8-17)9-15(19)18(14)4/h5-6,10-11H,7-9,17H2,1-4H3. The number of carbonyl (C=O) groups is 1. The van der Waals surface area contributed by atoms with E-state index in [1.165, 1.54) is 11.1 Å². The van der Waals surface area contributed by atoms with E-state index in [2.05, 4.69) is 39.0 Å². The fourth-order valence-corrected chi connectivity index (χ4v) is 2.70. The highest BCUT2D eigenvalue weighted by atomic mass is 16.2. The number of amides is 1. The molecule has 0 radical (unpaired) electrons. The third-order valence-corrected chi connectivity index (χ3v) is 4.00. The quantitative estimate of drug-likeness (QED) is 0.888. The second-order valence-corrected chi connectivity index (χ2v) is 6.45. The molecule has 1 unspecified atom stereocenters. The van der Waals surface area contributed by atoms with Gasteiger partial charge in [0.05, 0.1) is 0 Å². The zero-order valence-electron chi connectivity index (χ0n) is 12.4. The van der Waals surface area contributed by atoms with Crippen molar-refractivity contribution in [3.05, 3.63) is 29.3 Å². The van der Waals surface area contributed by atoms with E-state index in [-0.39, 0.29) is 17.2 Å². The minimum Gasteiger partial charge on any atom is -0.330 e. The molecule has 0 aliphatic carbocycles. The molecule has 0 fully saturated rings. The molecule has 0 aromatic heterocycles. The monoisotopic (exact) mass is 260 g/mol. The Hall–Kier alpha value is -1.35. The highest BCUT2D eigenvalue weighted by molar-refractivity contribution is 5.96. The van der Waals surface area contributed by atoms with Crippen molar-refractivity contribution in [1.29, 1.82) is 0 Å². The molecule has 1 aliphatic rings. The molecule has 0 spiro atoms. The molecular weight excluding hydrogens is 236 g/mol. The van der Waals surface area contributed by atoms with E-state index in [0.717, 1.165) is 12.1 Å². The highest BCUT2D eigenvalue weighted by Gasteiger charge is 2.29. The lowest BCUT2D eigenvalue weighted by Crippen LogP contribution is -2.34. The van der Waals surface area contributed by atoms with Crippen molar-refractivity contribution >= 4 is 11.6 Å². The molecule has 0 saturated heterocycles. The number of hydrogen-bond acceptors (Lipinski definition) is 2. The van der Waals surface area contributed by atoms with Crippen LogP contribution in [0.4, 0.5) is 5.69 Å². The third kappa shape index (κ3) is 2.66. The zero-order valence-corrected chi connectivity index (χ0v) is 12.4. The summed E-state index contributed by atoms with van der Waals surface area (Å²) in [5, 5.41) is 0. The first-order chi connectivity index (χ1) is 8.84. The van der Waals surface area contributed by atoms with E-state index < -0.39 is 0 Å². The molecule has 1 atom stereocenters. The van der Waals surface area contributed by atoms with Crippen LogP contribution in [0.1, 0.15) is 50.7 Å². The maximum absolute atomic E-state index is 12.0. The van der Waals surface area contributed by atoms with Crippen molar-refractivity contribution in [2.24, 2.45) is 5.73 Å². The minimum atomic E-state index is 0.127. The molecule has 104 valence electrons. The number of fused-ring (bicyclic) bond motifs is 1. The summed E-state index contributed by atoms with van der Waals surface area (Å²) in [6.07, 6.45) is 1.45. The largest absolute Gasteiger partial charge is 0.330 e. The van der Waals surface area contributed by atoms with Gasteiger partial charge in [0, 0.05) is 19.2 Å². The molecule has 19 heavy (non-hydrogen) atoms. The molecule has 0 bridgehead atoms. The van der Waals surface area contributed by atoms with Gasteiger partial charge in [0.15, 0.2) is 0 Å². The Morgan fingerprint density at radius 3 is 2.63 bits per heavy atom. The Bertz CT molecular complexity index is 488. The van der Waals surface area contributed by atoms with Crippen molar-refractivity contribution in [2.45, 2.75) is 44.9 Å². The fourth-order valence-electron chi connectivity index (χ4n) is 2.70. The molecule has 0 saturated carbocycles. The van der Waals surface area contributed by atoms with Crippen LogP contribution in [0.25, 0.3) is 0 Å². The van der Waals surface area contributed by atoms with Crippen molar-refractivity contribution < 1.29 is 4.79 Å². The molecule has 2 rings (SSSR count). The van der Waals surface area contributed by atoms with Gasteiger partial charge in [0.1, 0.15) is 0 Å². The zero-order chi connectivity index (χ0) is 14.2. The second-order valence-electron chi connectivity index (χ2n) is 6.45. The minimum absolute atomic E-state index is 0.127. The van der Waals surface area contributed by atoms with Crippen LogP contribution >= 0.6 is 0 Å². The lowest BCUT2D eigenvalue weighted by molar-refractivity contribution is -0.119. The summed E-state index contributed by atoms with van der Waals surface area (Å²) in [5.41, 5.74) is 9.46. The Balaban J connectivity index is 2.49. The number of hydrogen-bond donors (Lipinski definition) is 1. The molecular formula is C16H24N2O. The molecule has 1 amide bonds. The number of nitrogens with zero attached hydrogens (tertiary/aromatic N) is 1. The van der Waals surface area contributed by atoms with E-state index in [1.54, 1.807) is 4.90 Å². The van der Waals surface area contributed by atoms with E-state index in [0.29, 0.717) is 13.0 Å². The maximum Gasteiger partial charge on any atom is 0.227 e. The molecule has 2 N–H and O–H groups in total. The van der Waals surface area contributed by atoms with Gasteiger partial charge in [-0.05, 0) is 41.5 Å². The normalized spacial score (nSPS) is 19.5. The van der Waals surface area contributed by atoms with Gasteiger partial charge >= 0.3 is 0 Å². The van der Waals surface area contributed by atoms with Gasteiger partial charge in [-0.2, -0.15) is 0 Å². The molecule has 1 aromatic carbocycles. The predicted octanol–water partition coefficient (Wildman–Crippen LogP) is 2.78. The number of carbonyl (C=O) groups excluding carboxylic acids is 1. The highest BCUT2D eigenvalue weighted by Crippen LogP contribution is 2.39. The van der Waals surface area contributed by atoms with Crippen LogP contribution in [0.15, 0.2) is 18.2 Å². The summed E-state index contributed by atoms with van der Waals surface area (Å²) in [5.74, 6) is 0.459. The van der Waals surface area contributed by atoms with Gasteiger partial charge in [0.25, 0.3) is 0 Å². The third-order valence-electron chi connectivity index (χ3n) is 4.00. The smallest absolute Gasteiger partial charge is 0.227 e. The summed E-state index contributed by atoms with van der Waals surface area (Å²) in [4.78, 5) is 13.8. The Morgan fingerprint density at radius 2 is 2.05 bits per heavy atom. The average molecular weight is 260 g/mol. The Kier molecular flexibility index (Phi) is 3.68. The summed E-state index contributed by atoms with van der Waals surface area (Å²) in [6, 6.07) is 6.47. The van der Waals surface area contributed by atoms with E-state index in [4.69, 9.17) is 5.73 Å². The molecule has 3 heteroatoms. The van der Waals surface area contributed by atoms with Crippen LogP contribution in [0.3, 0.4) is 0 Å². The van der Waals surface area contributed by atoms with Crippen molar-refractivity contribution in [3.63, 3.8) is 0 Å².